The molecule has 2 unspecified atom stereocenters. The average Bonchev–Trinajstić information content (AvgIpc) is 2.99. The second-order valence-electron chi connectivity index (χ2n) is 5.11. The second kappa shape index (κ2) is 5.02. The van der Waals surface area contributed by atoms with Crippen molar-refractivity contribution in [3.8, 4) is 0 Å². The molecule has 4 heteroatoms. The molecule has 1 N–H and O–H groups in total. The minimum absolute atomic E-state index is 0.267. The Morgan fingerprint density at radius 3 is 3.12 bits per heavy atom. The van der Waals surface area contributed by atoms with Crippen LogP contribution in [0.5, 0.6) is 0 Å². The number of thioether (sulfide) groups is 1. The third-order valence-corrected chi connectivity index (χ3v) is 5.37. The highest BCUT2D eigenvalue weighted by Gasteiger charge is 2.25. The lowest BCUT2D eigenvalue weighted by molar-refractivity contribution is 0.240. The lowest BCUT2D eigenvalue weighted by atomic mass is 9.97. The number of fused-ring (bicyclic) bond motifs is 1. The number of aromatic nitrogens is 2. The van der Waals surface area contributed by atoms with Gasteiger partial charge in [-0.15, -0.1) is 0 Å². The van der Waals surface area contributed by atoms with Crippen molar-refractivity contribution in [1.29, 1.82) is 0 Å². The molecule has 0 radical (unpaired) electrons. The zero-order chi connectivity index (χ0) is 11.7. The first kappa shape index (κ1) is 11.6. The molecular formula is C13H20N2OS. The summed E-state index contributed by atoms with van der Waals surface area (Å²) in [4.78, 5) is 4.60. The van der Waals surface area contributed by atoms with Crippen molar-refractivity contribution in [2.45, 2.75) is 49.8 Å². The van der Waals surface area contributed by atoms with Crippen molar-refractivity contribution in [2.75, 3.05) is 12.4 Å². The smallest absolute Gasteiger partial charge is 0.109 e. The fraction of sp³-hybridized carbons (Fsp3) is 0.769. The molecule has 0 amide bonds. The van der Waals surface area contributed by atoms with Crippen LogP contribution < -0.4 is 0 Å². The van der Waals surface area contributed by atoms with Crippen molar-refractivity contribution in [3.05, 3.63) is 17.7 Å². The van der Waals surface area contributed by atoms with Gasteiger partial charge in [0.15, 0.2) is 0 Å². The van der Waals surface area contributed by atoms with Crippen molar-refractivity contribution >= 4 is 11.8 Å². The van der Waals surface area contributed by atoms with E-state index in [-0.39, 0.29) is 6.61 Å². The number of hydrogen-bond donors (Lipinski definition) is 1. The zero-order valence-electron chi connectivity index (χ0n) is 10.1. The van der Waals surface area contributed by atoms with Gasteiger partial charge >= 0.3 is 0 Å². The minimum atomic E-state index is 0.267. The molecule has 0 bridgehead atoms. The normalized spacial score (nSPS) is 28.3. The molecule has 1 fully saturated rings. The van der Waals surface area contributed by atoms with Crippen LogP contribution in [0.25, 0.3) is 0 Å². The van der Waals surface area contributed by atoms with Crippen LogP contribution in [0.1, 0.15) is 43.1 Å². The largest absolute Gasteiger partial charge is 0.396 e. The molecule has 1 aromatic heterocycles. The second-order valence-corrected chi connectivity index (χ2v) is 6.52. The summed E-state index contributed by atoms with van der Waals surface area (Å²) in [6, 6.07) is 0. The summed E-state index contributed by atoms with van der Waals surface area (Å²) in [6.07, 6.45) is 8.11. The molecule has 0 saturated carbocycles. The van der Waals surface area contributed by atoms with E-state index < -0.39 is 0 Å². The maximum Gasteiger partial charge on any atom is 0.109 e. The van der Waals surface area contributed by atoms with E-state index in [4.69, 9.17) is 0 Å². The number of nitrogens with zero attached hydrogens (tertiary/aromatic N) is 2. The van der Waals surface area contributed by atoms with E-state index in [2.05, 4.69) is 21.3 Å². The lowest BCUT2D eigenvalue weighted by Crippen LogP contribution is -2.20. The van der Waals surface area contributed by atoms with E-state index in [9.17, 15) is 5.11 Å². The Balaban J connectivity index is 1.79. The molecule has 2 aliphatic rings. The molecular weight excluding hydrogens is 232 g/mol. The molecule has 3 rings (SSSR count). The summed E-state index contributed by atoms with van der Waals surface area (Å²) in [5.74, 6) is 2.89. The summed E-state index contributed by atoms with van der Waals surface area (Å²) in [6.45, 7) is 1.36. The summed E-state index contributed by atoms with van der Waals surface area (Å²) in [5, 5.41) is 10.2. The van der Waals surface area contributed by atoms with E-state index in [1.165, 1.54) is 36.5 Å². The standard InChI is InChI=1S/C13H20N2OS/c16-9-10-3-1-5-15-12(10)8-14-13(15)7-11-4-2-6-17-11/h8,10-11,16H,1-7,9H2. The Morgan fingerprint density at radius 1 is 1.41 bits per heavy atom. The molecule has 0 aromatic carbocycles. The molecule has 0 aliphatic carbocycles. The summed E-state index contributed by atoms with van der Waals surface area (Å²) in [5.41, 5.74) is 1.26. The Kier molecular flexibility index (Phi) is 3.43. The third kappa shape index (κ3) is 2.25. The predicted octanol–water partition coefficient (Wildman–Crippen LogP) is 2.19. The molecule has 2 atom stereocenters. The van der Waals surface area contributed by atoms with E-state index in [1.807, 2.05) is 6.20 Å². The zero-order valence-corrected chi connectivity index (χ0v) is 11.0. The SMILES string of the molecule is OCC1CCCn2c1cnc2CC1CCCS1. The minimum Gasteiger partial charge on any atom is -0.396 e. The van der Waals surface area contributed by atoms with Gasteiger partial charge in [-0.3, -0.25) is 0 Å². The molecule has 2 aliphatic heterocycles. The van der Waals surface area contributed by atoms with Crippen LogP contribution in [0.3, 0.4) is 0 Å². The Bertz CT molecular complexity index is 385. The number of aliphatic hydroxyl groups excluding tert-OH is 1. The fourth-order valence-corrected chi connectivity index (χ4v) is 4.28. The van der Waals surface area contributed by atoms with Crippen molar-refractivity contribution in [3.63, 3.8) is 0 Å². The van der Waals surface area contributed by atoms with Gasteiger partial charge in [-0.1, -0.05) is 0 Å². The van der Waals surface area contributed by atoms with Crippen LogP contribution in [-0.4, -0.2) is 32.3 Å². The molecule has 3 heterocycles. The van der Waals surface area contributed by atoms with Gasteiger partial charge in [0, 0.05) is 36.0 Å². The highest BCUT2D eigenvalue weighted by molar-refractivity contribution is 8.00. The van der Waals surface area contributed by atoms with Gasteiger partial charge in [0.05, 0.1) is 6.61 Å². The van der Waals surface area contributed by atoms with Crippen LogP contribution in [0.15, 0.2) is 6.20 Å². The molecule has 17 heavy (non-hydrogen) atoms. The maximum atomic E-state index is 9.39. The maximum absolute atomic E-state index is 9.39. The fourth-order valence-electron chi connectivity index (χ4n) is 3.01. The Hall–Kier alpha value is -0.480. The molecule has 0 spiro atoms. The van der Waals surface area contributed by atoms with Crippen LogP contribution >= 0.6 is 11.8 Å². The highest BCUT2D eigenvalue weighted by Crippen LogP contribution is 2.32. The monoisotopic (exact) mass is 252 g/mol. The Morgan fingerprint density at radius 2 is 2.35 bits per heavy atom. The molecule has 1 aromatic rings. The van der Waals surface area contributed by atoms with Gasteiger partial charge in [0.2, 0.25) is 0 Å². The van der Waals surface area contributed by atoms with Gasteiger partial charge in [-0.2, -0.15) is 11.8 Å². The average molecular weight is 252 g/mol. The summed E-state index contributed by atoms with van der Waals surface area (Å²) in [7, 11) is 0. The molecule has 94 valence electrons. The van der Waals surface area contributed by atoms with E-state index in [1.54, 1.807) is 0 Å². The number of rotatable bonds is 3. The van der Waals surface area contributed by atoms with Crippen molar-refractivity contribution < 1.29 is 5.11 Å². The molecule has 1 saturated heterocycles. The summed E-state index contributed by atoms with van der Waals surface area (Å²) >= 11 is 2.10. The van der Waals surface area contributed by atoms with Gasteiger partial charge in [0.25, 0.3) is 0 Å². The van der Waals surface area contributed by atoms with E-state index >= 15 is 0 Å². The van der Waals surface area contributed by atoms with Gasteiger partial charge in [-0.05, 0) is 31.4 Å². The Labute approximate surface area is 107 Å². The topological polar surface area (TPSA) is 38.0 Å². The number of imidazole rings is 1. The lowest BCUT2D eigenvalue weighted by Gasteiger charge is -2.24. The first-order valence-corrected chi connectivity index (χ1v) is 7.70. The van der Waals surface area contributed by atoms with Crippen LogP contribution in [0.4, 0.5) is 0 Å². The van der Waals surface area contributed by atoms with Gasteiger partial charge < -0.3 is 9.67 Å². The van der Waals surface area contributed by atoms with Gasteiger partial charge in [0.1, 0.15) is 5.82 Å². The van der Waals surface area contributed by atoms with Crippen LogP contribution in [0.2, 0.25) is 0 Å². The number of hydrogen-bond acceptors (Lipinski definition) is 3. The van der Waals surface area contributed by atoms with Gasteiger partial charge in [-0.25, -0.2) is 4.98 Å². The van der Waals surface area contributed by atoms with Crippen LogP contribution in [0, 0.1) is 0 Å². The quantitative estimate of drug-likeness (QED) is 0.896. The molecule has 3 nitrogen and oxygen atoms in total. The van der Waals surface area contributed by atoms with E-state index in [0.717, 1.165) is 24.6 Å². The third-order valence-electron chi connectivity index (χ3n) is 3.98. The van der Waals surface area contributed by atoms with Crippen LogP contribution in [-0.2, 0) is 13.0 Å². The van der Waals surface area contributed by atoms with Crippen molar-refractivity contribution in [2.24, 2.45) is 0 Å². The predicted molar refractivity (Wildman–Crippen MR) is 70.5 cm³/mol. The summed E-state index contributed by atoms with van der Waals surface area (Å²) < 4.78 is 2.36. The highest BCUT2D eigenvalue weighted by atomic mass is 32.2. The van der Waals surface area contributed by atoms with E-state index in [0.29, 0.717) is 5.92 Å². The first-order valence-electron chi connectivity index (χ1n) is 6.65. The first-order chi connectivity index (χ1) is 8.38. The van der Waals surface area contributed by atoms with Crippen molar-refractivity contribution in [1.82, 2.24) is 9.55 Å². The number of aliphatic hydroxyl groups is 1.